The number of nitrogens with two attached hydrogens (primary N) is 2. The standard InChI is InChI=1S/C17H35NO2.C11H13NO3.2ClH.2H2N.Pt/c1-2-3-4-5-6-7-8-9-10-11-12-13-14-15-16-18-17(19)20;13-10(6-7-11(14)15)12-8-9-4-2-1-3-5-9;;;;;/h18H,2-16H2,1H3,(H,19,20);1-5H,6-8H2,(H,12,13)(H,14,15);2*1H;2*1H2;/q;;;;2*-1;+4/p-2. The number of aliphatic carboxylic acids is 1. The van der Waals surface area contributed by atoms with Crippen LogP contribution in [0, 0.1) is 0 Å². The van der Waals surface area contributed by atoms with E-state index >= 15 is 0 Å². The molecule has 1 aromatic rings. The second-order valence-corrected chi connectivity index (χ2v) is 12.3. The smallest absolute Gasteiger partial charge is 0.693 e. The van der Waals surface area contributed by atoms with E-state index in [2.05, 4.69) is 17.6 Å². The van der Waals surface area contributed by atoms with Crippen molar-refractivity contribution in [2.75, 3.05) is 6.54 Å². The third-order valence-corrected chi connectivity index (χ3v) is 5.70. The molecule has 0 aromatic heterocycles. The fraction of sp³-hybridized carbons (Fsp3) is 0.679. The molecular weight excluding hydrogens is 738 g/mol. The molecule has 40 heavy (non-hydrogen) atoms. The number of carboxylic acid groups (broad SMARTS) is 2. The van der Waals surface area contributed by atoms with Crippen LogP contribution in [-0.2, 0) is 32.6 Å². The Hall–Kier alpha value is -1.38. The Morgan fingerprint density at radius 2 is 1.12 bits per heavy atom. The summed E-state index contributed by atoms with van der Waals surface area (Å²) in [7, 11) is 9.75. The van der Waals surface area contributed by atoms with Crippen LogP contribution in [0.25, 0.3) is 12.3 Å². The Morgan fingerprint density at radius 1 is 0.700 bits per heavy atom. The van der Waals surface area contributed by atoms with Gasteiger partial charge in [-0.2, -0.15) is 0 Å². The summed E-state index contributed by atoms with van der Waals surface area (Å²) in [6, 6.07) is 9.47. The van der Waals surface area contributed by atoms with Crippen molar-refractivity contribution in [2.24, 2.45) is 0 Å². The molecule has 0 aliphatic rings. The zero-order valence-electron chi connectivity index (χ0n) is 24.0. The summed E-state index contributed by atoms with van der Waals surface area (Å²) >= 11 is -0.472. The Morgan fingerprint density at radius 3 is 1.52 bits per heavy atom. The predicted octanol–water partition coefficient (Wildman–Crippen LogP) is 9.71. The number of hydrogen-bond donors (Lipinski definition) is 4. The Bertz CT molecular complexity index is 692. The van der Waals surface area contributed by atoms with Crippen LogP contribution in [0.3, 0.4) is 0 Å². The fourth-order valence-corrected chi connectivity index (χ4v) is 3.62. The van der Waals surface area contributed by atoms with Crippen molar-refractivity contribution < 1.29 is 41.1 Å². The maximum Gasteiger partial charge on any atom is -0.693 e. The zero-order chi connectivity index (χ0) is 28.7. The number of carbonyl (C=O) groups excluding carboxylic acids is 1. The predicted molar refractivity (Wildman–Crippen MR) is 164 cm³/mol. The van der Waals surface area contributed by atoms with Crippen molar-refractivity contribution in [3.05, 3.63) is 48.2 Å². The minimum absolute atomic E-state index is 0. The largest absolute Gasteiger partial charge is 0.693 e. The minimum Gasteiger partial charge on any atom is -0.693 e. The number of amides is 2. The summed E-state index contributed by atoms with van der Waals surface area (Å²) in [5.74, 6) is -1.19. The van der Waals surface area contributed by atoms with Gasteiger partial charge in [-0.3, -0.25) is 9.59 Å². The van der Waals surface area contributed by atoms with E-state index in [0.29, 0.717) is 13.1 Å². The number of unbranched alkanes of at least 4 members (excludes halogenated alkanes) is 13. The Balaban J connectivity index is -0.000000289. The molecule has 0 aliphatic heterocycles. The van der Waals surface area contributed by atoms with Gasteiger partial charge in [0.1, 0.15) is 0 Å². The first kappa shape index (κ1) is 45.6. The van der Waals surface area contributed by atoms with Crippen LogP contribution in [0.15, 0.2) is 30.3 Å². The van der Waals surface area contributed by atoms with Gasteiger partial charge >= 0.3 is 47.4 Å². The third-order valence-electron chi connectivity index (χ3n) is 5.70. The van der Waals surface area contributed by atoms with E-state index in [-0.39, 0.29) is 31.0 Å². The van der Waals surface area contributed by atoms with Crippen LogP contribution < -0.4 is 10.6 Å². The van der Waals surface area contributed by atoms with Crippen LogP contribution in [0.1, 0.15) is 115 Å². The molecule has 0 fully saturated rings. The molecule has 0 spiro atoms. The SMILES string of the molecule is CCCCCCCCCCCCCCCCNC(=O)O.O=C(O)CCC(=O)NCc1ccccc1.[Cl][Pt+2][Cl].[NH2-].[NH2-]. The van der Waals surface area contributed by atoms with E-state index in [4.69, 9.17) is 29.0 Å². The van der Waals surface area contributed by atoms with Gasteiger partial charge in [-0.1, -0.05) is 121 Å². The van der Waals surface area contributed by atoms with E-state index in [0.717, 1.165) is 18.4 Å². The normalized spacial score (nSPS) is 9.47. The average Bonchev–Trinajstić information content (AvgIpc) is 2.90. The maximum absolute atomic E-state index is 11.1. The van der Waals surface area contributed by atoms with Crippen molar-refractivity contribution in [3.8, 4) is 0 Å². The van der Waals surface area contributed by atoms with E-state index in [1.807, 2.05) is 30.3 Å². The van der Waals surface area contributed by atoms with Crippen molar-refractivity contribution in [1.29, 1.82) is 0 Å². The molecule has 0 unspecified atom stereocenters. The van der Waals surface area contributed by atoms with Crippen LogP contribution in [-0.4, -0.2) is 34.7 Å². The first-order valence-corrected chi connectivity index (χ1v) is 19.3. The van der Waals surface area contributed by atoms with Crippen molar-refractivity contribution >= 4 is 36.8 Å². The number of hydrogen-bond acceptors (Lipinski definition) is 3. The Labute approximate surface area is 258 Å². The molecule has 0 atom stereocenters. The van der Waals surface area contributed by atoms with Gasteiger partial charge in [-0.05, 0) is 12.0 Å². The third kappa shape index (κ3) is 41.1. The summed E-state index contributed by atoms with van der Waals surface area (Å²) in [5.41, 5.74) is 1.00. The molecule has 12 heteroatoms. The molecule has 8 N–H and O–H groups in total. The second-order valence-electron chi connectivity index (χ2n) is 9.03. The summed E-state index contributed by atoms with van der Waals surface area (Å²) in [6.07, 6.45) is 17.7. The molecule has 0 saturated heterocycles. The van der Waals surface area contributed by atoms with E-state index < -0.39 is 28.5 Å². The van der Waals surface area contributed by atoms with Gasteiger partial charge in [0, 0.05) is 19.5 Å². The Kier molecular flexibility index (Phi) is 42.9. The summed E-state index contributed by atoms with van der Waals surface area (Å²) in [5, 5.41) is 21.8. The number of carbonyl (C=O) groups is 3. The average molecular weight is 791 g/mol. The van der Waals surface area contributed by atoms with Gasteiger partial charge < -0.3 is 33.1 Å². The molecule has 238 valence electrons. The number of benzene rings is 1. The van der Waals surface area contributed by atoms with Gasteiger partial charge in [-0.15, -0.1) is 0 Å². The molecule has 0 heterocycles. The van der Waals surface area contributed by atoms with Crippen molar-refractivity contribution in [3.63, 3.8) is 0 Å². The van der Waals surface area contributed by atoms with Gasteiger partial charge in [0.15, 0.2) is 0 Å². The van der Waals surface area contributed by atoms with Crippen LogP contribution >= 0.6 is 18.8 Å². The number of rotatable bonds is 20. The molecule has 0 radical (unpaired) electrons. The number of carboxylic acids is 1. The number of nitrogens with one attached hydrogen (secondary N) is 2. The maximum atomic E-state index is 11.1. The zero-order valence-corrected chi connectivity index (χ0v) is 27.7. The fourth-order valence-electron chi connectivity index (χ4n) is 3.62. The first-order valence-electron chi connectivity index (χ1n) is 13.7. The van der Waals surface area contributed by atoms with Crippen LogP contribution in [0.4, 0.5) is 4.79 Å². The molecule has 9 nitrogen and oxygen atoms in total. The van der Waals surface area contributed by atoms with E-state index in [1.165, 1.54) is 77.0 Å². The molecular formula is C28H52Cl2N4O5Pt. The second kappa shape index (κ2) is 37.6. The van der Waals surface area contributed by atoms with Crippen LogP contribution in [0.2, 0.25) is 0 Å². The summed E-state index contributed by atoms with van der Waals surface area (Å²) < 4.78 is 0. The van der Waals surface area contributed by atoms with Gasteiger partial charge in [0.05, 0.1) is 6.42 Å². The molecule has 2 amide bonds. The molecule has 1 rings (SSSR count). The van der Waals surface area contributed by atoms with Crippen molar-refractivity contribution in [1.82, 2.24) is 10.6 Å². The molecule has 0 aliphatic carbocycles. The van der Waals surface area contributed by atoms with Crippen molar-refractivity contribution in [2.45, 2.75) is 116 Å². The molecule has 0 saturated carbocycles. The van der Waals surface area contributed by atoms with Gasteiger partial charge in [0.25, 0.3) is 0 Å². The van der Waals surface area contributed by atoms with E-state index in [1.54, 1.807) is 0 Å². The molecule has 1 aromatic carbocycles. The summed E-state index contributed by atoms with van der Waals surface area (Å²) in [4.78, 5) is 31.6. The van der Waals surface area contributed by atoms with E-state index in [9.17, 15) is 14.4 Å². The topological polar surface area (TPSA) is 183 Å². The van der Waals surface area contributed by atoms with Crippen LogP contribution in [0.5, 0.6) is 0 Å². The first-order chi connectivity index (χ1) is 18.4. The minimum atomic E-state index is -0.954. The molecule has 0 bridgehead atoms. The van der Waals surface area contributed by atoms with Gasteiger partial charge in [-0.25, -0.2) is 4.79 Å². The number of halogens is 2. The monoisotopic (exact) mass is 789 g/mol. The quantitative estimate of drug-likeness (QED) is 0.0958. The summed E-state index contributed by atoms with van der Waals surface area (Å²) in [6.45, 7) is 3.31. The van der Waals surface area contributed by atoms with Gasteiger partial charge in [0.2, 0.25) is 5.91 Å².